The third-order valence-electron chi connectivity index (χ3n) is 9.04. The zero-order valence-corrected chi connectivity index (χ0v) is 29.3. The fourth-order valence-electron chi connectivity index (χ4n) is 6.30. The predicted octanol–water partition coefficient (Wildman–Crippen LogP) is 3.09. The van der Waals surface area contributed by atoms with E-state index in [1.54, 1.807) is 5.38 Å². The number of nitrogens with one attached hydrogen (secondary N) is 4. The third kappa shape index (κ3) is 8.02. The lowest BCUT2D eigenvalue weighted by molar-refractivity contribution is -0.145. The average Bonchev–Trinajstić information content (AvgIpc) is 3.41. The molecule has 2 fully saturated rings. The van der Waals surface area contributed by atoms with E-state index in [0.29, 0.717) is 13.0 Å². The zero-order chi connectivity index (χ0) is 34.8. The van der Waals surface area contributed by atoms with E-state index >= 15 is 0 Å². The molecule has 6 atom stereocenters. The van der Waals surface area contributed by atoms with Gasteiger partial charge in [-0.3, -0.25) is 24.0 Å². The van der Waals surface area contributed by atoms with Gasteiger partial charge in [-0.1, -0.05) is 74.8 Å². The Morgan fingerprint density at radius 2 is 1.65 bits per heavy atom. The zero-order valence-electron chi connectivity index (χ0n) is 28.5. The van der Waals surface area contributed by atoms with Gasteiger partial charge in [0.25, 0.3) is 5.91 Å². The molecule has 3 rings (SSSR count). The monoisotopic (exact) mass is 658 g/mol. The summed E-state index contributed by atoms with van der Waals surface area (Å²) in [5.74, 6) is -2.94. The molecule has 254 valence electrons. The van der Waals surface area contributed by atoms with Crippen LogP contribution in [0.15, 0.2) is 24.2 Å². The van der Waals surface area contributed by atoms with Gasteiger partial charge in [-0.25, -0.2) is 9.78 Å². The number of amides is 5. The molecule has 0 spiro atoms. The maximum Gasteiger partial charge on any atom is 0.316 e. The highest BCUT2D eigenvalue weighted by molar-refractivity contribution is 7.11. The van der Waals surface area contributed by atoms with Crippen molar-refractivity contribution in [2.45, 2.75) is 99.3 Å². The van der Waals surface area contributed by atoms with Crippen molar-refractivity contribution in [2.24, 2.45) is 28.1 Å². The number of ketones is 2. The molecule has 2 aliphatic rings. The molecule has 13 heteroatoms. The number of likely N-dealkylation sites (tertiary alicyclic amines) is 1. The fourth-order valence-corrected chi connectivity index (χ4v) is 6.91. The number of urea groups is 1. The quantitative estimate of drug-likeness (QED) is 0.144. The number of carbonyl (C=O) groups is 6. The Hall–Kier alpha value is -3.61. The van der Waals surface area contributed by atoms with Crippen molar-refractivity contribution in [3.63, 3.8) is 0 Å². The summed E-state index contributed by atoms with van der Waals surface area (Å²) in [5.41, 5.74) is -1.62. The number of hydrogen-bond donors (Lipinski definition) is 4. The molecule has 0 aromatic carbocycles. The van der Waals surface area contributed by atoms with E-state index < -0.39 is 64.5 Å². The summed E-state index contributed by atoms with van der Waals surface area (Å²) in [6, 6.07) is -4.59. The molecular formula is C33H50N6O6S. The Labute approximate surface area is 275 Å². The van der Waals surface area contributed by atoms with Crippen LogP contribution in [0.25, 0.3) is 0 Å². The number of nitrogens with zero attached hydrogens (tertiary/aromatic N) is 2. The summed E-state index contributed by atoms with van der Waals surface area (Å²) < 4.78 is 0. The summed E-state index contributed by atoms with van der Waals surface area (Å²) in [5, 5.41) is 12.8. The Morgan fingerprint density at radius 1 is 1.04 bits per heavy atom. The molecule has 1 aliphatic heterocycles. The van der Waals surface area contributed by atoms with Crippen LogP contribution >= 0.6 is 11.3 Å². The van der Waals surface area contributed by atoms with Gasteiger partial charge in [0, 0.05) is 24.7 Å². The van der Waals surface area contributed by atoms with Crippen molar-refractivity contribution in [2.75, 3.05) is 13.1 Å². The van der Waals surface area contributed by atoms with E-state index in [1.165, 1.54) is 28.5 Å². The van der Waals surface area contributed by atoms with Crippen LogP contribution in [0, 0.1) is 28.1 Å². The van der Waals surface area contributed by atoms with Gasteiger partial charge < -0.3 is 26.2 Å². The number of piperidine rings is 1. The second kappa shape index (κ2) is 14.0. The Morgan fingerprint density at radius 3 is 2.17 bits per heavy atom. The van der Waals surface area contributed by atoms with Crippen LogP contribution in [0.4, 0.5) is 4.79 Å². The smallest absolute Gasteiger partial charge is 0.316 e. The van der Waals surface area contributed by atoms with Gasteiger partial charge in [0.2, 0.25) is 23.4 Å². The van der Waals surface area contributed by atoms with Gasteiger partial charge in [-0.05, 0) is 34.5 Å². The SMILES string of the molecule is C=CCNC(=O)C(=O)C(CCC)NC(=O)[C@@H]1[C@@H]2[C@H](CN1C(=O)[C@@H](NC(=O)N[C@H](C(=O)c1nccs1)C(C)(C)C)C(C)(C)C)C2(C)C. The number of carbonyl (C=O) groups excluding carboxylic acids is 6. The molecule has 0 bridgehead atoms. The maximum absolute atomic E-state index is 14.3. The second-order valence-corrected chi connectivity index (χ2v) is 15.9. The summed E-state index contributed by atoms with van der Waals surface area (Å²) in [6.45, 7) is 20.8. The number of aromatic nitrogens is 1. The largest absolute Gasteiger partial charge is 0.346 e. The summed E-state index contributed by atoms with van der Waals surface area (Å²) in [4.78, 5) is 85.8. The number of rotatable bonds is 13. The van der Waals surface area contributed by atoms with Crippen LogP contribution in [0.5, 0.6) is 0 Å². The lowest BCUT2D eigenvalue weighted by atomic mass is 9.84. The molecule has 46 heavy (non-hydrogen) atoms. The van der Waals surface area contributed by atoms with Crippen LogP contribution in [0.1, 0.15) is 85.0 Å². The first-order chi connectivity index (χ1) is 21.3. The number of fused-ring (bicyclic) bond motifs is 1. The average molecular weight is 659 g/mol. The van der Waals surface area contributed by atoms with Crippen LogP contribution in [-0.4, -0.2) is 82.5 Å². The fraction of sp³-hybridized carbons (Fsp3) is 0.667. The van der Waals surface area contributed by atoms with Gasteiger partial charge in [-0.2, -0.15) is 0 Å². The topological polar surface area (TPSA) is 167 Å². The van der Waals surface area contributed by atoms with Gasteiger partial charge >= 0.3 is 6.03 Å². The van der Waals surface area contributed by atoms with Gasteiger partial charge in [0.1, 0.15) is 18.1 Å². The van der Waals surface area contributed by atoms with Crippen LogP contribution in [0.3, 0.4) is 0 Å². The molecule has 0 radical (unpaired) electrons. The molecule has 2 heterocycles. The Bertz CT molecular complexity index is 1350. The number of hydrogen-bond acceptors (Lipinski definition) is 8. The molecule has 1 saturated heterocycles. The number of thiazole rings is 1. The van der Waals surface area contributed by atoms with Crippen molar-refractivity contribution in [1.82, 2.24) is 31.2 Å². The van der Waals surface area contributed by atoms with Crippen molar-refractivity contribution >= 4 is 46.7 Å². The van der Waals surface area contributed by atoms with Crippen molar-refractivity contribution in [3.8, 4) is 0 Å². The molecule has 1 aliphatic carbocycles. The van der Waals surface area contributed by atoms with E-state index in [-0.39, 0.29) is 41.0 Å². The van der Waals surface area contributed by atoms with Crippen LogP contribution in [-0.2, 0) is 19.2 Å². The summed E-state index contributed by atoms with van der Waals surface area (Å²) in [6.07, 6.45) is 3.78. The van der Waals surface area contributed by atoms with Crippen LogP contribution in [0.2, 0.25) is 0 Å². The number of Topliss-reactive ketones (excluding diaryl/α,β-unsaturated/α-hetero) is 2. The standard InChI is InChI=1S/C33H50N6O6S/c1-11-13-19(22(40)27(43)34-14-12-2)36-26(42)21-20-18(33(20,9)10)17-39(21)29(44)25(32(6,7)8)38-30(45)37-24(31(3,4)5)23(41)28-35-15-16-46-28/h12,15-16,18-21,24-25H,2,11,13-14,17H2,1,3-10H3,(H,34,43)(H,36,42)(H2,37,38,45)/t18-,19?,20-,21-,24+,25+/m0/s1. The molecule has 1 saturated carbocycles. The second-order valence-electron chi connectivity index (χ2n) is 15.0. The van der Waals surface area contributed by atoms with Crippen molar-refractivity contribution in [3.05, 3.63) is 29.2 Å². The highest BCUT2D eigenvalue weighted by Gasteiger charge is 2.70. The normalized spacial score (nSPS) is 22.0. The predicted molar refractivity (Wildman–Crippen MR) is 176 cm³/mol. The molecule has 1 aromatic heterocycles. The third-order valence-corrected chi connectivity index (χ3v) is 9.82. The van der Waals surface area contributed by atoms with E-state index in [1.807, 2.05) is 62.3 Å². The maximum atomic E-state index is 14.3. The Kier molecular flexibility index (Phi) is 11.2. The van der Waals surface area contributed by atoms with E-state index in [9.17, 15) is 28.8 Å². The Balaban J connectivity index is 1.84. The van der Waals surface area contributed by atoms with E-state index in [4.69, 9.17) is 0 Å². The highest BCUT2D eigenvalue weighted by Crippen LogP contribution is 2.65. The van der Waals surface area contributed by atoms with E-state index in [0.717, 1.165) is 0 Å². The first-order valence-corrected chi connectivity index (χ1v) is 16.7. The molecule has 4 N–H and O–H groups in total. The lowest BCUT2D eigenvalue weighted by Gasteiger charge is -2.38. The van der Waals surface area contributed by atoms with Crippen molar-refractivity contribution in [1.29, 1.82) is 0 Å². The minimum atomic E-state index is -1.05. The summed E-state index contributed by atoms with van der Waals surface area (Å²) >= 11 is 1.18. The van der Waals surface area contributed by atoms with Crippen molar-refractivity contribution < 1.29 is 28.8 Å². The van der Waals surface area contributed by atoms with Gasteiger partial charge in [0.15, 0.2) is 5.01 Å². The molecule has 1 aromatic rings. The lowest BCUT2D eigenvalue weighted by Crippen LogP contribution is -2.62. The first-order valence-electron chi connectivity index (χ1n) is 15.8. The molecular weight excluding hydrogens is 608 g/mol. The molecule has 1 unspecified atom stereocenters. The molecule has 12 nitrogen and oxygen atoms in total. The minimum Gasteiger partial charge on any atom is -0.346 e. The van der Waals surface area contributed by atoms with Gasteiger partial charge in [0.05, 0.1) is 6.04 Å². The van der Waals surface area contributed by atoms with E-state index in [2.05, 4.69) is 32.8 Å². The first kappa shape index (κ1) is 36.9. The summed E-state index contributed by atoms with van der Waals surface area (Å²) in [7, 11) is 0. The van der Waals surface area contributed by atoms with Gasteiger partial charge in [-0.15, -0.1) is 17.9 Å². The minimum absolute atomic E-state index is 0.0547. The highest BCUT2D eigenvalue weighted by atomic mass is 32.1. The molecule has 5 amide bonds. The van der Waals surface area contributed by atoms with Crippen LogP contribution < -0.4 is 21.3 Å².